The maximum absolute atomic E-state index is 9.85. The van der Waals surface area contributed by atoms with Crippen LogP contribution in [0, 0.1) is 0 Å². The first kappa shape index (κ1) is 15.6. The van der Waals surface area contributed by atoms with E-state index in [1.165, 1.54) is 0 Å². The van der Waals surface area contributed by atoms with Gasteiger partial charge in [0.1, 0.15) is 11.6 Å². The summed E-state index contributed by atoms with van der Waals surface area (Å²) in [5, 5.41) is 13.1. The Morgan fingerprint density at radius 1 is 1.33 bits per heavy atom. The number of phenolic OH excluding ortho intramolecular Hbond substituents is 1. The van der Waals surface area contributed by atoms with Crippen molar-refractivity contribution in [3.8, 4) is 17.1 Å². The highest BCUT2D eigenvalue weighted by Crippen LogP contribution is 2.25. The van der Waals surface area contributed by atoms with E-state index in [2.05, 4.69) is 21.5 Å². The predicted octanol–water partition coefficient (Wildman–Crippen LogP) is 2.34. The largest absolute Gasteiger partial charge is 0.507 e. The molecule has 4 N–H and O–H groups in total. The number of nitrogens with two attached hydrogens (primary N) is 1. The van der Waals surface area contributed by atoms with Gasteiger partial charge < -0.3 is 16.2 Å². The number of nitrogens with one attached hydrogen (secondary N) is 1. The monoisotopic (exact) mass is 304 g/mol. The molecule has 0 saturated heterocycles. The summed E-state index contributed by atoms with van der Waals surface area (Å²) in [6, 6.07) is 8.92. The van der Waals surface area contributed by atoms with Crippen LogP contribution in [-0.4, -0.2) is 39.7 Å². The lowest BCUT2D eigenvalue weighted by Gasteiger charge is -2.13. The van der Waals surface area contributed by atoms with Crippen LogP contribution >= 0.6 is 11.8 Å². The van der Waals surface area contributed by atoms with Crippen molar-refractivity contribution in [1.82, 2.24) is 9.97 Å². The smallest absolute Gasteiger partial charge is 0.165 e. The standard InChI is InChI=1S/C15H20N4OS/c1-21-9-7-11(16)10-18-14-6-8-17-15(19-14)12-4-2-3-5-13(12)20/h2-6,8,11,20H,7,9-10,16H2,1H3,(H,17,18,19)/t11-/m1/s1. The molecule has 0 bridgehead atoms. The predicted molar refractivity (Wildman–Crippen MR) is 88.6 cm³/mol. The van der Waals surface area contributed by atoms with Crippen molar-refractivity contribution in [2.45, 2.75) is 12.5 Å². The van der Waals surface area contributed by atoms with Crippen molar-refractivity contribution in [3.63, 3.8) is 0 Å². The minimum atomic E-state index is 0.0981. The third-order valence-corrected chi connectivity index (χ3v) is 3.68. The van der Waals surface area contributed by atoms with E-state index in [1.807, 2.05) is 6.07 Å². The fourth-order valence-corrected chi connectivity index (χ4v) is 2.40. The lowest BCUT2D eigenvalue weighted by Crippen LogP contribution is -2.29. The topological polar surface area (TPSA) is 84.1 Å². The Morgan fingerprint density at radius 3 is 2.90 bits per heavy atom. The van der Waals surface area contributed by atoms with Gasteiger partial charge in [-0.1, -0.05) is 12.1 Å². The van der Waals surface area contributed by atoms with Gasteiger partial charge in [0, 0.05) is 18.8 Å². The molecule has 1 aromatic carbocycles. The number of hydrogen-bond acceptors (Lipinski definition) is 6. The van der Waals surface area contributed by atoms with Crippen LogP contribution in [0.1, 0.15) is 6.42 Å². The molecule has 5 nitrogen and oxygen atoms in total. The molecule has 0 aliphatic carbocycles. The number of aromatic hydroxyl groups is 1. The van der Waals surface area contributed by atoms with E-state index in [0.29, 0.717) is 23.8 Å². The van der Waals surface area contributed by atoms with Gasteiger partial charge >= 0.3 is 0 Å². The van der Waals surface area contributed by atoms with E-state index in [0.717, 1.165) is 12.2 Å². The SMILES string of the molecule is CSCC[C@@H](N)CNc1ccnc(-c2ccccc2O)n1. The third kappa shape index (κ3) is 4.61. The van der Waals surface area contributed by atoms with Gasteiger partial charge in [0.25, 0.3) is 0 Å². The van der Waals surface area contributed by atoms with E-state index in [9.17, 15) is 5.11 Å². The van der Waals surface area contributed by atoms with Gasteiger partial charge in [-0.3, -0.25) is 0 Å². The van der Waals surface area contributed by atoms with Crippen molar-refractivity contribution < 1.29 is 5.11 Å². The van der Waals surface area contributed by atoms with Crippen LogP contribution < -0.4 is 11.1 Å². The van der Waals surface area contributed by atoms with Crippen molar-refractivity contribution >= 4 is 17.6 Å². The van der Waals surface area contributed by atoms with E-state index in [1.54, 1.807) is 42.2 Å². The average Bonchev–Trinajstić information content (AvgIpc) is 2.51. The number of rotatable bonds is 7. The number of nitrogens with zero attached hydrogens (tertiary/aromatic N) is 2. The summed E-state index contributed by atoms with van der Waals surface area (Å²) in [6.45, 7) is 0.664. The van der Waals surface area contributed by atoms with Crippen molar-refractivity contribution in [2.75, 3.05) is 23.9 Å². The van der Waals surface area contributed by atoms with Crippen LogP contribution in [0.15, 0.2) is 36.5 Å². The third-order valence-electron chi connectivity index (χ3n) is 3.04. The second-order valence-electron chi connectivity index (χ2n) is 4.71. The lowest BCUT2D eigenvalue weighted by atomic mass is 10.2. The van der Waals surface area contributed by atoms with Gasteiger partial charge in [0.2, 0.25) is 0 Å². The molecule has 21 heavy (non-hydrogen) atoms. The number of aromatic nitrogens is 2. The summed E-state index contributed by atoms with van der Waals surface area (Å²) < 4.78 is 0. The molecule has 1 atom stereocenters. The molecule has 2 aromatic rings. The molecule has 0 unspecified atom stereocenters. The van der Waals surface area contributed by atoms with Crippen LogP contribution in [0.25, 0.3) is 11.4 Å². The molecule has 2 rings (SSSR count). The normalized spacial score (nSPS) is 12.1. The van der Waals surface area contributed by atoms with Crippen LogP contribution in [0.4, 0.5) is 5.82 Å². The maximum Gasteiger partial charge on any atom is 0.165 e. The van der Waals surface area contributed by atoms with Crippen LogP contribution in [-0.2, 0) is 0 Å². The first-order valence-electron chi connectivity index (χ1n) is 6.80. The fourth-order valence-electron chi connectivity index (χ4n) is 1.86. The quantitative estimate of drug-likeness (QED) is 0.728. The van der Waals surface area contributed by atoms with Gasteiger partial charge in [0.15, 0.2) is 5.82 Å². The highest BCUT2D eigenvalue weighted by molar-refractivity contribution is 7.98. The van der Waals surface area contributed by atoms with E-state index in [4.69, 9.17) is 5.73 Å². The zero-order valence-corrected chi connectivity index (χ0v) is 12.8. The highest BCUT2D eigenvalue weighted by Gasteiger charge is 2.08. The second-order valence-corrected chi connectivity index (χ2v) is 5.69. The molecule has 0 radical (unpaired) electrons. The molecule has 0 aliphatic heterocycles. The number of thioether (sulfide) groups is 1. The molecule has 112 valence electrons. The Kier molecular flexibility index (Phi) is 5.83. The zero-order chi connectivity index (χ0) is 15.1. The van der Waals surface area contributed by atoms with Crippen LogP contribution in [0.2, 0.25) is 0 Å². The summed E-state index contributed by atoms with van der Waals surface area (Å²) in [6.07, 6.45) is 4.71. The molecule has 0 aliphatic rings. The number of anilines is 1. The van der Waals surface area contributed by atoms with Crippen LogP contribution in [0.5, 0.6) is 5.75 Å². The summed E-state index contributed by atoms with van der Waals surface area (Å²) in [7, 11) is 0. The maximum atomic E-state index is 9.85. The number of phenols is 1. The summed E-state index contributed by atoms with van der Waals surface area (Å²) in [4.78, 5) is 8.61. The zero-order valence-electron chi connectivity index (χ0n) is 12.0. The Balaban J connectivity index is 2.03. The van der Waals surface area contributed by atoms with Crippen LogP contribution in [0.3, 0.4) is 0 Å². The second kappa shape index (κ2) is 7.85. The summed E-state index contributed by atoms with van der Waals surface area (Å²) in [5.74, 6) is 2.43. The Hall–Kier alpha value is -1.79. The van der Waals surface area contributed by atoms with Gasteiger partial charge in [-0.2, -0.15) is 11.8 Å². The molecule has 1 aromatic heterocycles. The molecule has 0 spiro atoms. The number of hydrogen-bond donors (Lipinski definition) is 3. The first-order valence-corrected chi connectivity index (χ1v) is 8.20. The lowest BCUT2D eigenvalue weighted by molar-refractivity contribution is 0.477. The molecular weight excluding hydrogens is 284 g/mol. The van der Waals surface area contributed by atoms with E-state index >= 15 is 0 Å². The van der Waals surface area contributed by atoms with Crippen molar-refractivity contribution in [2.24, 2.45) is 5.73 Å². The molecule has 0 amide bonds. The molecule has 0 saturated carbocycles. The van der Waals surface area contributed by atoms with Crippen molar-refractivity contribution in [3.05, 3.63) is 36.5 Å². The molecule has 6 heteroatoms. The van der Waals surface area contributed by atoms with Crippen molar-refractivity contribution in [1.29, 1.82) is 0 Å². The first-order chi connectivity index (χ1) is 10.2. The van der Waals surface area contributed by atoms with Gasteiger partial charge in [0.05, 0.1) is 5.56 Å². The van der Waals surface area contributed by atoms with E-state index < -0.39 is 0 Å². The molecular formula is C15H20N4OS. The number of benzene rings is 1. The number of para-hydroxylation sites is 1. The van der Waals surface area contributed by atoms with Gasteiger partial charge in [-0.15, -0.1) is 0 Å². The minimum Gasteiger partial charge on any atom is -0.507 e. The molecule has 0 fully saturated rings. The Bertz CT molecular complexity index is 579. The Labute approximate surface area is 129 Å². The fraction of sp³-hybridized carbons (Fsp3) is 0.333. The average molecular weight is 304 g/mol. The van der Waals surface area contributed by atoms with E-state index in [-0.39, 0.29) is 11.8 Å². The summed E-state index contributed by atoms with van der Waals surface area (Å²) in [5.41, 5.74) is 6.64. The Morgan fingerprint density at radius 2 is 2.14 bits per heavy atom. The highest BCUT2D eigenvalue weighted by atomic mass is 32.2. The van der Waals surface area contributed by atoms with Gasteiger partial charge in [-0.25, -0.2) is 9.97 Å². The van der Waals surface area contributed by atoms with Gasteiger partial charge in [-0.05, 0) is 36.6 Å². The minimum absolute atomic E-state index is 0.0981. The summed E-state index contributed by atoms with van der Waals surface area (Å²) >= 11 is 1.79. The molecule has 1 heterocycles.